The molecule has 1 aromatic carbocycles. The van der Waals surface area contributed by atoms with Gasteiger partial charge >= 0.3 is 6.18 Å². The Bertz CT molecular complexity index is 742. The zero-order chi connectivity index (χ0) is 17.4. The first-order valence-electron chi connectivity index (χ1n) is 6.41. The number of rotatable bonds is 3. The highest BCUT2D eigenvalue weighted by molar-refractivity contribution is 7.90. The van der Waals surface area contributed by atoms with Crippen LogP contribution < -0.4 is 11.2 Å². The van der Waals surface area contributed by atoms with E-state index in [1.54, 1.807) is 0 Å². The van der Waals surface area contributed by atoms with Crippen LogP contribution in [-0.2, 0) is 14.6 Å². The number of carbonyl (C=O) groups is 1. The van der Waals surface area contributed by atoms with Crippen molar-refractivity contribution in [2.45, 2.75) is 23.5 Å². The van der Waals surface area contributed by atoms with Crippen molar-refractivity contribution in [3.63, 3.8) is 0 Å². The van der Waals surface area contributed by atoms with E-state index in [0.29, 0.717) is 10.6 Å². The summed E-state index contributed by atoms with van der Waals surface area (Å²) in [5.74, 6) is 4.65. The summed E-state index contributed by atoms with van der Waals surface area (Å²) in [6, 6.07) is 4.00. The summed E-state index contributed by atoms with van der Waals surface area (Å²) < 4.78 is 59.9. The number of hydrazine groups is 1. The van der Waals surface area contributed by atoms with E-state index in [1.807, 2.05) is 0 Å². The molecule has 1 atom stereocenters. The van der Waals surface area contributed by atoms with Crippen molar-refractivity contribution < 1.29 is 26.4 Å². The number of hydrogen-bond acceptors (Lipinski definition) is 5. The van der Waals surface area contributed by atoms with Gasteiger partial charge in [0.1, 0.15) is 6.04 Å². The number of nitrogens with zero attached hydrogens (tertiary/aromatic N) is 1. The molecule has 1 aromatic rings. The molecule has 2 rings (SSSR count). The maximum atomic E-state index is 12.4. The van der Waals surface area contributed by atoms with Crippen LogP contribution >= 0.6 is 0 Å². The minimum Gasteiger partial charge on any atom is -0.378 e. The molecular weight excluding hydrogens is 335 g/mol. The highest BCUT2D eigenvalue weighted by Gasteiger charge is 2.39. The summed E-state index contributed by atoms with van der Waals surface area (Å²) in [4.78, 5) is 12.0. The molecular formula is C13H14F3N3O3S. The molecule has 1 aliphatic heterocycles. The smallest absolute Gasteiger partial charge is 0.378 e. The predicted octanol–water partition coefficient (Wildman–Crippen LogP) is 1.02. The van der Waals surface area contributed by atoms with Gasteiger partial charge in [0, 0.05) is 18.0 Å². The van der Waals surface area contributed by atoms with Gasteiger partial charge in [-0.1, -0.05) is 12.1 Å². The fourth-order valence-corrected chi connectivity index (χ4v) is 2.71. The standard InChI is InChI=1S/C13H14F3N3O3S/c1-23(21,22)9-4-2-8(3-5-9)11-7-18-10(6-13(14,15)16)12(20)19(11)17/h2-5,7,10,18H,6,17H2,1H3. The largest absolute Gasteiger partial charge is 0.391 e. The SMILES string of the molecule is CS(=O)(=O)c1ccc(C2=CNC(CC(F)(F)F)C(=O)N2N)cc1. The number of halogens is 3. The molecule has 6 nitrogen and oxygen atoms in total. The van der Waals surface area contributed by atoms with Gasteiger partial charge in [-0.2, -0.15) is 13.2 Å². The third-order valence-corrected chi connectivity index (χ3v) is 4.36. The molecule has 1 amide bonds. The Hall–Kier alpha value is -2.07. The molecule has 126 valence electrons. The van der Waals surface area contributed by atoms with Crippen molar-refractivity contribution >= 4 is 21.4 Å². The van der Waals surface area contributed by atoms with Crippen molar-refractivity contribution in [2.75, 3.05) is 6.26 Å². The molecule has 1 heterocycles. The van der Waals surface area contributed by atoms with Gasteiger partial charge in [0.05, 0.1) is 17.0 Å². The lowest BCUT2D eigenvalue weighted by molar-refractivity contribution is -0.152. The molecule has 0 saturated heterocycles. The number of sulfone groups is 1. The van der Waals surface area contributed by atoms with Crippen LogP contribution in [0.15, 0.2) is 35.4 Å². The summed E-state index contributed by atoms with van der Waals surface area (Å²) in [5, 5.41) is 3.01. The molecule has 0 spiro atoms. The normalized spacial score (nSPS) is 19.3. The van der Waals surface area contributed by atoms with Gasteiger partial charge in [0.25, 0.3) is 5.91 Å². The van der Waals surface area contributed by atoms with E-state index < -0.39 is 34.4 Å². The first kappa shape index (κ1) is 17.3. The highest BCUT2D eigenvalue weighted by atomic mass is 32.2. The van der Waals surface area contributed by atoms with Gasteiger partial charge in [-0.15, -0.1) is 0 Å². The van der Waals surface area contributed by atoms with Crippen molar-refractivity contribution in [1.82, 2.24) is 10.3 Å². The Kier molecular flexibility index (Phi) is 4.40. The maximum absolute atomic E-state index is 12.4. The lowest BCUT2D eigenvalue weighted by atomic mass is 10.1. The van der Waals surface area contributed by atoms with Crippen LogP contribution in [0, 0.1) is 0 Å². The van der Waals surface area contributed by atoms with Crippen LogP contribution in [0.4, 0.5) is 13.2 Å². The average molecular weight is 349 g/mol. The average Bonchev–Trinajstić information content (AvgIpc) is 2.42. The summed E-state index contributed by atoms with van der Waals surface area (Å²) in [6.45, 7) is 0. The number of carbonyl (C=O) groups excluding carboxylic acids is 1. The monoisotopic (exact) mass is 349 g/mol. The van der Waals surface area contributed by atoms with E-state index in [1.165, 1.54) is 30.5 Å². The molecule has 10 heteroatoms. The van der Waals surface area contributed by atoms with Gasteiger partial charge in [0.2, 0.25) is 0 Å². The zero-order valence-corrected chi connectivity index (χ0v) is 12.8. The van der Waals surface area contributed by atoms with Crippen LogP contribution in [0.3, 0.4) is 0 Å². The van der Waals surface area contributed by atoms with Crippen molar-refractivity contribution in [3.8, 4) is 0 Å². The molecule has 3 N–H and O–H groups in total. The fraction of sp³-hybridized carbons (Fsp3) is 0.308. The van der Waals surface area contributed by atoms with E-state index in [-0.39, 0.29) is 10.6 Å². The van der Waals surface area contributed by atoms with Crippen LogP contribution in [0.25, 0.3) is 5.70 Å². The second-order valence-corrected chi connectivity index (χ2v) is 7.09. The van der Waals surface area contributed by atoms with Crippen molar-refractivity contribution in [2.24, 2.45) is 5.84 Å². The second-order valence-electron chi connectivity index (χ2n) is 5.07. The molecule has 0 bridgehead atoms. The second kappa shape index (κ2) is 5.85. The van der Waals surface area contributed by atoms with Gasteiger partial charge in [0.15, 0.2) is 9.84 Å². The summed E-state index contributed by atoms with van der Waals surface area (Å²) in [7, 11) is -3.38. The molecule has 0 aliphatic carbocycles. The van der Waals surface area contributed by atoms with E-state index >= 15 is 0 Å². The fourth-order valence-electron chi connectivity index (χ4n) is 2.08. The molecule has 0 aromatic heterocycles. The number of alkyl halides is 3. The summed E-state index contributed by atoms with van der Waals surface area (Å²) in [5.41, 5.74) is 0.541. The zero-order valence-electron chi connectivity index (χ0n) is 12.0. The number of hydrogen-bond donors (Lipinski definition) is 2. The van der Waals surface area contributed by atoms with E-state index in [2.05, 4.69) is 5.32 Å². The Morgan fingerprint density at radius 2 is 1.83 bits per heavy atom. The van der Waals surface area contributed by atoms with E-state index in [9.17, 15) is 26.4 Å². The molecule has 0 fully saturated rings. The highest BCUT2D eigenvalue weighted by Crippen LogP contribution is 2.27. The predicted molar refractivity (Wildman–Crippen MR) is 76.2 cm³/mol. The lowest BCUT2D eigenvalue weighted by Crippen LogP contribution is -2.52. The summed E-state index contributed by atoms with van der Waals surface area (Å²) >= 11 is 0. The Balaban J connectivity index is 2.26. The Labute approximate surface area is 130 Å². The van der Waals surface area contributed by atoms with Gasteiger partial charge in [-0.05, 0) is 12.1 Å². The topological polar surface area (TPSA) is 92.5 Å². The van der Waals surface area contributed by atoms with Crippen LogP contribution in [0.5, 0.6) is 0 Å². The molecule has 23 heavy (non-hydrogen) atoms. The maximum Gasteiger partial charge on any atom is 0.391 e. The number of nitrogens with one attached hydrogen (secondary N) is 1. The van der Waals surface area contributed by atoms with Gasteiger partial charge in [-0.3, -0.25) is 4.79 Å². The molecule has 0 radical (unpaired) electrons. The van der Waals surface area contributed by atoms with Crippen molar-refractivity contribution in [1.29, 1.82) is 0 Å². The first-order chi connectivity index (χ1) is 10.5. The minimum atomic E-state index is -4.50. The number of benzene rings is 1. The van der Waals surface area contributed by atoms with Crippen LogP contribution in [0.1, 0.15) is 12.0 Å². The lowest BCUT2D eigenvalue weighted by Gasteiger charge is -2.31. The first-order valence-corrected chi connectivity index (χ1v) is 8.30. The molecule has 1 aliphatic rings. The third kappa shape index (κ3) is 4.02. The van der Waals surface area contributed by atoms with Gasteiger partial charge in [-0.25, -0.2) is 19.3 Å². The van der Waals surface area contributed by atoms with Crippen LogP contribution in [0.2, 0.25) is 0 Å². The Morgan fingerprint density at radius 1 is 1.26 bits per heavy atom. The molecule has 1 unspecified atom stereocenters. The Morgan fingerprint density at radius 3 is 2.30 bits per heavy atom. The van der Waals surface area contributed by atoms with E-state index in [0.717, 1.165) is 6.26 Å². The number of nitrogens with two attached hydrogens (primary N) is 1. The third-order valence-electron chi connectivity index (χ3n) is 3.23. The van der Waals surface area contributed by atoms with Crippen molar-refractivity contribution in [3.05, 3.63) is 36.0 Å². The van der Waals surface area contributed by atoms with Gasteiger partial charge < -0.3 is 5.32 Å². The quantitative estimate of drug-likeness (QED) is 0.628. The molecule has 0 saturated carbocycles. The minimum absolute atomic E-state index is 0.0791. The number of amides is 1. The van der Waals surface area contributed by atoms with E-state index in [4.69, 9.17) is 5.84 Å². The van der Waals surface area contributed by atoms with Crippen LogP contribution in [-0.4, -0.2) is 37.8 Å². The summed E-state index contributed by atoms with van der Waals surface area (Å²) in [6.07, 6.45) is -3.59.